The van der Waals surface area contributed by atoms with E-state index in [9.17, 15) is 4.79 Å². The maximum atomic E-state index is 10.9. The third kappa shape index (κ3) is 5.38. The summed E-state index contributed by atoms with van der Waals surface area (Å²) in [6, 6.07) is 1.82. The van der Waals surface area contributed by atoms with Crippen LogP contribution in [0.3, 0.4) is 0 Å². The quantitative estimate of drug-likeness (QED) is 0.308. The minimum Gasteiger partial charge on any atom is -0.462 e. The van der Waals surface area contributed by atoms with Crippen molar-refractivity contribution in [2.45, 2.75) is 26.8 Å². The minimum absolute atomic E-state index is 0.0914. The molecule has 1 amide bonds. The summed E-state index contributed by atoms with van der Waals surface area (Å²) in [5, 5.41) is 5.02. The molecule has 2 heterocycles. The number of furan rings is 1. The van der Waals surface area contributed by atoms with Crippen molar-refractivity contribution < 1.29 is 14.0 Å². The Kier molecular flexibility index (Phi) is 6.12. The molecule has 2 rings (SSSR count). The third-order valence-corrected chi connectivity index (χ3v) is 3.37. The normalized spacial score (nSPS) is 11.5. The molecular weight excluding hydrogens is 318 g/mol. The maximum Gasteiger partial charge on any atom is 0.220 e. The van der Waals surface area contributed by atoms with Crippen LogP contribution < -0.4 is 16.5 Å². The van der Waals surface area contributed by atoms with E-state index in [2.05, 4.69) is 20.8 Å². The van der Waals surface area contributed by atoms with Crippen molar-refractivity contribution in [1.82, 2.24) is 15.8 Å². The van der Waals surface area contributed by atoms with E-state index in [0.29, 0.717) is 29.7 Å². The SMILES string of the molecule is CCCONC(N)=Nc1nc(-c2cc(CNC(C)=O)co2)cs1. The van der Waals surface area contributed by atoms with Crippen LogP contribution in [-0.2, 0) is 16.2 Å². The third-order valence-electron chi connectivity index (χ3n) is 2.64. The van der Waals surface area contributed by atoms with Crippen LogP contribution in [0.1, 0.15) is 25.8 Å². The van der Waals surface area contributed by atoms with Crippen LogP contribution in [0.15, 0.2) is 27.1 Å². The minimum atomic E-state index is -0.0914. The van der Waals surface area contributed by atoms with Gasteiger partial charge < -0.3 is 15.5 Å². The van der Waals surface area contributed by atoms with Crippen LogP contribution in [0.25, 0.3) is 11.5 Å². The lowest BCUT2D eigenvalue weighted by Gasteiger charge is -2.02. The summed E-state index contributed by atoms with van der Waals surface area (Å²) < 4.78 is 5.45. The Morgan fingerprint density at radius 3 is 3.13 bits per heavy atom. The Morgan fingerprint density at radius 2 is 2.39 bits per heavy atom. The molecule has 0 unspecified atom stereocenters. The molecule has 0 aromatic carbocycles. The second-order valence-electron chi connectivity index (χ2n) is 4.69. The Balaban J connectivity index is 1.98. The van der Waals surface area contributed by atoms with Gasteiger partial charge in [-0.15, -0.1) is 11.3 Å². The molecule has 0 saturated carbocycles. The molecule has 124 valence electrons. The number of aliphatic imine (C=N–C) groups is 1. The lowest BCUT2D eigenvalue weighted by molar-refractivity contribution is -0.119. The van der Waals surface area contributed by atoms with Crippen molar-refractivity contribution in [3.8, 4) is 11.5 Å². The molecule has 0 bridgehead atoms. The lowest BCUT2D eigenvalue weighted by Crippen LogP contribution is -2.31. The van der Waals surface area contributed by atoms with E-state index in [1.807, 2.05) is 18.4 Å². The maximum absolute atomic E-state index is 10.9. The van der Waals surface area contributed by atoms with Gasteiger partial charge in [-0.1, -0.05) is 6.92 Å². The summed E-state index contributed by atoms with van der Waals surface area (Å²) in [7, 11) is 0. The Hall–Kier alpha value is -2.39. The number of nitrogens with zero attached hydrogens (tertiary/aromatic N) is 2. The van der Waals surface area contributed by atoms with Gasteiger partial charge in [0.15, 0.2) is 5.76 Å². The molecule has 2 aromatic rings. The molecule has 0 saturated heterocycles. The molecule has 0 aliphatic rings. The fraction of sp³-hybridized carbons (Fsp3) is 0.357. The van der Waals surface area contributed by atoms with E-state index in [4.69, 9.17) is 15.0 Å². The Bertz CT molecular complexity index is 680. The topological polar surface area (TPSA) is 115 Å². The molecule has 4 N–H and O–H groups in total. The van der Waals surface area contributed by atoms with Crippen LogP contribution in [0.2, 0.25) is 0 Å². The first-order valence-corrected chi connectivity index (χ1v) is 7.96. The highest BCUT2D eigenvalue weighted by Crippen LogP contribution is 2.28. The Labute approximate surface area is 137 Å². The molecular formula is C14H19N5O3S. The average Bonchev–Trinajstić information content (AvgIpc) is 3.14. The number of thiazole rings is 1. The van der Waals surface area contributed by atoms with Gasteiger partial charge in [-0.3, -0.25) is 9.63 Å². The van der Waals surface area contributed by atoms with Crippen molar-refractivity contribution >= 4 is 28.3 Å². The molecule has 23 heavy (non-hydrogen) atoms. The molecule has 8 nitrogen and oxygen atoms in total. The van der Waals surface area contributed by atoms with E-state index in [1.54, 1.807) is 6.26 Å². The zero-order valence-corrected chi connectivity index (χ0v) is 13.8. The smallest absolute Gasteiger partial charge is 0.220 e. The van der Waals surface area contributed by atoms with Crippen molar-refractivity contribution in [2.75, 3.05) is 6.61 Å². The molecule has 0 aliphatic heterocycles. The summed E-state index contributed by atoms with van der Waals surface area (Å²) in [6.07, 6.45) is 2.46. The average molecular weight is 337 g/mol. The lowest BCUT2D eigenvalue weighted by atomic mass is 10.3. The van der Waals surface area contributed by atoms with Crippen molar-refractivity contribution in [3.63, 3.8) is 0 Å². The van der Waals surface area contributed by atoms with Gasteiger partial charge in [-0.05, 0) is 12.5 Å². The fourth-order valence-electron chi connectivity index (χ4n) is 1.61. The van der Waals surface area contributed by atoms with Crippen LogP contribution in [0.5, 0.6) is 0 Å². The van der Waals surface area contributed by atoms with Crippen LogP contribution in [-0.4, -0.2) is 23.5 Å². The predicted molar refractivity (Wildman–Crippen MR) is 88.0 cm³/mol. The number of amides is 1. The summed E-state index contributed by atoms with van der Waals surface area (Å²) >= 11 is 1.34. The van der Waals surface area contributed by atoms with Crippen molar-refractivity contribution in [2.24, 2.45) is 10.7 Å². The molecule has 0 aliphatic carbocycles. The molecule has 9 heteroatoms. The number of hydroxylamine groups is 1. The van der Waals surface area contributed by atoms with Gasteiger partial charge in [0.25, 0.3) is 0 Å². The number of hydrogen-bond donors (Lipinski definition) is 3. The van der Waals surface area contributed by atoms with Gasteiger partial charge in [0.1, 0.15) is 5.69 Å². The van der Waals surface area contributed by atoms with Crippen molar-refractivity contribution in [3.05, 3.63) is 23.3 Å². The van der Waals surface area contributed by atoms with Crippen LogP contribution >= 0.6 is 11.3 Å². The number of aromatic nitrogens is 1. The van der Waals surface area contributed by atoms with Crippen molar-refractivity contribution in [1.29, 1.82) is 0 Å². The van der Waals surface area contributed by atoms with Gasteiger partial charge in [0.05, 0.1) is 12.9 Å². The predicted octanol–water partition coefficient (Wildman–Crippen LogP) is 1.92. The summed E-state index contributed by atoms with van der Waals surface area (Å²) in [6.45, 7) is 4.42. The standard InChI is InChI=1S/C14H19N5O3S/c1-3-4-22-19-13(15)18-14-17-11(8-23-14)12-5-10(7-21-12)6-16-9(2)20/h5,7-8H,3-4,6H2,1-2H3,(H,16,20)(H3,15,17,18,19). The second-order valence-corrected chi connectivity index (χ2v) is 5.53. The summed E-state index contributed by atoms with van der Waals surface area (Å²) in [5.74, 6) is 0.660. The Morgan fingerprint density at radius 1 is 1.57 bits per heavy atom. The van der Waals surface area contributed by atoms with Crippen LogP contribution in [0, 0.1) is 0 Å². The second kappa shape index (κ2) is 8.30. The fourth-order valence-corrected chi connectivity index (χ4v) is 2.30. The van der Waals surface area contributed by atoms with Gasteiger partial charge in [0, 0.05) is 24.4 Å². The highest BCUT2D eigenvalue weighted by atomic mass is 32.1. The van der Waals surface area contributed by atoms with Gasteiger partial charge in [-0.25, -0.2) is 10.5 Å². The number of hydrogen-bond acceptors (Lipinski definition) is 6. The molecule has 0 atom stereocenters. The summed E-state index contributed by atoms with van der Waals surface area (Å²) in [4.78, 5) is 24.4. The highest BCUT2D eigenvalue weighted by Gasteiger charge is 2.09. The van der Waals surface area contributed by atoms with Gasteiger partial charge >= 0.3 is 0 Å². The highest BCUT2D eigenvalue weighted by molar-refractivity contribution is 7.13. The molecule has 2 aromatic heterocycles. The van der Waals surface area contributed by atoms with E-state index < -0.39 is 0 Å². The molecule has 0 fully saturated rings. The number of carbonyl (C=O) groups excluding carboxylic acids is 1. The van der Waals surface area contributed by atoms with Gasteiger partial charge in [-0.2, -0.15) is 4.99 Å². The number of guanidine groups is 1. The summed E-state index contributed by atoms with van der Waals surface area (Å²) in [5.41, 5.74) is 9.75. The number of nitrogens with two attached hydrogens (primary N) is 1. The molecule has 0 radical (unpaired) electrons. The number of carbonyl (C=O) groups is 1. The number of nitrogens with one attached hydrogen (secondary N) is 2. The van der Waals surface area contributed by atoms with Gasteiger partial charge in [0.2, 0.25) is 17.0 Å². The van der Waals surface area contributed by atoms with E-state index in [1.165, 1.54) is 18.3 Å². The number of rotatable bonds is 7. The molecule has 0 spiro atoms. The monoisotopic (exact) mass is 337 g/mol. The first-order chi connectivity index (χ1) is 11.1. The van der Waals surface area contributed by atoms with E-state index in [0.717, 1.165) is 12.0 Å². The first-order valence-electron chi connectivity index (χ1n) is 7.08. The largest absolute Gasteiger partial charge is 0.462 e. The van der Waals surface area contributed by atoms with E-state index >= 15 is 0 Å². The zero-order chi connectivity index (χ0) is 16.7. The zero-order valence-electron chi connectivity index (χ0n) is 13.0. The van der Waals surface area contributed by atoms with Crippen LogP contribution in [0.4, 0.5) is 5.13 Å². The van der Waals surface area contributed by atoms with E-state index in [-0.39, 0.29) is 11.9 Å². The first kappa shape index (κ1) is 17.0.